The summed E-state index contributed by atoms with van der Waals surface area (Å²) in [5, 5.41) is 8.50. The summed E-state index contributed by atoms with van der Waals surface area (Å²) in [5.74, 6) is -5.35. The number of benzene rings is 2. The number of aromatic amines is 1. The third kappa shape index (κ3) is 9.01. The number of nitrogens with one attached hydrogen (secondary N) is 6. The molecule has 5 atom stereocenters. The molecule has 6 N–H and O–H groups in total. The smallest absolute Gasteiger partial charge is 0.418 e. The van der Waals surface area contributed by atoms with Gasteiger partial charge in [-0.2, -0.15) is 13.2 Å². The van der Waals surface area contributed by atoms with Crippen LogP contribution in [0.25, 0.3) is 10.9 Å². The monoisotopic (exact) mass is 768 g/mol. The fourth-order valence-electron chi connectivity index (χ4n) is 6.77. The van der Waals surface area contributed by atoms with Crippen molar-refractivity contribution >= 4 is 40.4 Å². The topological polar surface area (TPSA) is 174 Å². The molecule has 1 aliphatic rings. The molecule has 2 aromatic carbocycles. The molecule has 2 heterocycles. The highest BCUT2D eigenvalue weighted by molar-refractivity contribution is 5.99. The van der Waals surface area contributed by atoms with Gasteiger partial charge in [0.2, 0.25) is 17.7 Å². The van der Waals surface area contributed by atoms with Crippen molar-refractivity contribution in [3.8, 4) is 0 Å². The number of carbonyl (C=O) groups is 5. The van der Waals surface area contributed by atoms with E-state index < -0.39 is 76.6 Å². The summed E-state index contributed by atoms with van der Waals surface area (Å²) < 4.78 is 61.6. The van der Waals surface area contributed by atoms with Crippen LogP contribution in [0.15, 0.2) is 65.3 Å². The standard InChI is InChI=1S/C39H44F4N6O6/c1-5-21(3)31(45-30(50)19-23-11-7-8-14-27(23)40)35(52)47-38(17-16-28-25(20-38)24-12-9-13-26(33(24)44-28)39(41,42)43)37(54)46-32(22(4)6-2)36(53)49-48-34(51)29-15-10-18-55-29/h7-15,18,21-22,31-32,44H,5-6,16-17,19-20H2,1-4H3,(H,45,50)(H,46,54)(H,47,52)(H,48,51)(H,49,53)/t21?,22?,31-,32-,38+/m0/s1. The minimum absolute atomic E-state index is 0.0437. The largest absolute Gasteiger partial charge is 0.459 e. The molecule has 0 saturated heterocycles. The van der Waals surface area contributed by atoms with E-state index >= 15 is 0 Å². The Hall–Kier alpha value is -5.67. The Kier molecular flexibility index (Phi) is 12.4. The second kappa shape index (κ2) is 16.8. The van der Waals surface area contributed by atoms with Crippen molar-refractivity contribution in [3.05, 3.63) is 94.8 Å². The van der Waals surface area contributed by atoms with E-state index in [1.165, 1.54) is 48.7 Å². The molecule has 294 valence electrons. The Morgan fingerprint density at radius 2 is 1.56 bits per heavy atom. The molecule has 5 amide bonds. The molecule has 1 aliphatic carbocycles. The van der Waals surface area contributed by atoms with Crippen LogP contribution in [-0.2, 0) is 44.6 Å². The quantitative estimate of drug-likeness (QED) is 0.0823. The van der Waals surface area contributed by atoms with Crippen LogP contribution < -0.4 is 26.8 Å². The Morgan fingerprint density at radius 3 is 2.20 bits per heavy atom. The van der Waals surface area contributed by atoms with Gasteiger partial charge in [0, 0.05) is 17.5 Å². The first-order chi connectivity index (χ1) is 26.1. The van der Waals surface area contributed by atoms with E-state index in [4.69, 9.17) is 4.42 Å². The number of alkyl halides is 3. The van der Waals surface area contributed by atoms with Gasteiger partial charge in [-0.25, -0.2) is 4.39 Å². The van der Waals surface area contributed by atoms with Crippen LogP contribution in [0.5, 0.6) is 0 Å². The Morgan fingerprint density at radius 1 is 0.873 bits per heavy atom. The summed E-state index contributed by atoms with van der Waals surface area (Å²) in [4.78, 5) is 71.0. The van der Waals surface area contributed by atoms with Gasteiger partial charge in [-0.05, 0) is 60.1 Å². The average molecular weight is 769 g/mol. The molecule has 4 aromatic rings. The summed E-state index contributed by atoms with van der Waals surface area (Å²) in [7, 11) is 0. The molecule has 0 bridgehead atoms. The molecule has 55 heavy (non-hydrogen) atoms. The molecule has 2 unspecified atom stereocenters. The van der Waals surface area contributed by atoms with Crippen molar-refractivity contribution in [3.63, 3.8) is 0 Å². The van der Waals surface area contributed by atoms with Gasteiger partial charge in [0.05, 0.1) is 23.8 Å². The number of aromatic nitrogens is 1. The number of hydrazine groups is 1. The Balaban J connectivity index is 1.48. The van der Waals surface area contributed by atoms with Crippen molar-refractivity contribution in [1.82, 2.24) is 31.8 Å². The Bertz CT molecular complexity index is 2050. The van der Waals surface area contributed by atoms with Crippen LogP contribution in [0.1, 0.15) is 79.9 Å². The van der Waals surface area contributed by atoms with E-state index in [2.05, 4.69) is 31.8 Å². The van der Waals surface area contributed by atoms with Crippen molar-refractivity contribution in [1.29, 1.82) is 0 Å². The van der Waals surface area contributed by atoms with Crippen molar-refractivity contribution in [2.24, 2.45) is 11.8 Å². The third-order valence-corrected chi connectivity index (χ3v) is 10.4. The number of H-pyrrole nitrogens is 1. The maximum Gasteiger partial charge on any atom is 0.418 e. The number of hydrogen-bond acceptors (Lipinski definition) is 6. The first-order valence-electron chi connectivity index (χ1n) is 18.1. The third-order valence-electron chi connectivity index (χ3n) is 10.4. The van der Waals surface area contributed by atoms with Crippen molar-refractivity contribution < 1.29 is 46.0 Å². The molecule has 2 aromatic heterocycles. The summed E-state index contributed by atoms with van der Waals surface area (Å²) in [6.07, 6.45) is -3.24. The number of aryl methyl sites for hydroxylation is 1. The van der Waals surface area contributed by atoms with Crippen LogP contribution in [0.3, 0.4) is 0 Å². The summed E-state index contributed by atoms with van der Waals surface area (Å²) in [6, 6.07) is 9.87. The van der Waals surface area contributed by atoms with E-state index in [0.717, 1.165) is 6.07 Å². The number of halogens is 4. The number of para-hydroxylation sites is 1. The fraction of sp³-hybridized carbons (Fsp3) is 0.410. The van der Waals surface area contributed by atoms with Crippen molar-refractivity contribution in [2.45, 2.75) is 90.0 Å². The van der Waals surface area contributed by atoms with Crippen LogP contribution >= 0.6 is 0 Å². The molecule has 0 aliphatic heterocycles. The maximum atomic E-state index is 14.6. The predicted molar refractivity (Wildman–Crippen MR) is 193 cm³/mol. The van der Waals surface area contributed by atoms with Gasteiger partial charge in [-0.3, -0.25) is 34.8 Å². The summed E-state index contributed by atoms with van der Waals surface area (Å²) >= 11 is 0. The molecule has 0 fully saturated rings. The van der Waals surface area contributed by atoms with Gasteiger partial charge in [0.25, 0.3) is 5.91 Å². The maximum absolute atomic E-state index is 14.6. The van der Waals surface area contributed by atoms with E-state index in [-0.39, 0.29) is 47.9 Å². The molecular weight excluding hydrogens is 724 g/mol. The molecule has 16 heteroatoms. The lowest BCUT2D eigenvalue weighted by Gasteiger charge is -2.39. The van der Waals surface area contributed by atoms with Gasteiger partial charge in [0.15, 0.2) is 5.76 Å². The average Bonchev–Trinajstić information content (AvgIpc) is 3.83. The molecule has 5 rings (SSSR count). The number of furan rings is 1. The summed E-state index contributed by atoms with van der Waals surface area (Å²) in [5.41, 5.74) is 2.63. The zero-order chi connectivity index (χ0) is 40.1. The number of hydrogen-bond donors (Lipinski definition) is 6. The van der Waals surface area contributed by atoms with E-state index in [1.54, 1.807) is 33.8 Å². The van der Waals surface area contributed by atoms with Crippen LogP contribution in [0, 0.1) is 17.7 Å². The number of rotatable bonds is 13. The lowest BCUT2D eigenvalue weighted by atomic mass is 9.78. The molecule has 0 radical (unpaired) electrons. The second-order valence-corrected chi connectivity index (χ2v) is 14.0. The summed E-state index contributed by atoms with van der Waals surface area (Å²) in [6.45, 7) is 7.00. The first kappa shape index (κ1) is 40.5. The van der Waals surface area contributed by atoms with Gasteiger partial charge in [0.1, 0.15) is 23.4 Å². The predicted octanol–water partition coefficient (Wildman–Crippen LogP) is 5.03. The van der Waals surface area contributed by atoms with Gasteiger partial charge >= 0.3 is 12.1 Å². The van der Waals surface area contributed by atoms with Crippen LogP contribution in [0.2, 0.25) is 0 Å². The van der Waals surface area contributed by atoms with Crippen LogP contribution in [0.4, 0.5) is 17.6 Å². The molecular formula is C39H44F4N6O6. The molecule has 0 spiro atoms. The minimum Gasteiger partial charge on any atom is -0.459 e. The zero-order valence-electron chi connectivity index (χ0n) is 30.8. The molecule has 12 nitrogen and oxygen atoms in total. The van der Waals surface area contributed by atoms with Crippen molar-refractivity contribution in [2.75, 3.05) is 0 Å². The van der Waals surface area contributed by atoms with E-state index in [1.807, 2.05) is 0 Å². The highest BCUT2D eigenvalue weighted by Gasteiger charge is 2.47. The minimum atomic E-state index is -4.68. The van der Waals surface area contributed by atoms with Gasteiger partial charge in [-0.1, -0.05) is 70.9 Å². The zero-order valence-corrected chi connectivity index (χ0v) is 30.8. The molecule has 0 saturated carbocycles. The van der Waals surface area contributed by atoms with Gasteiger partial charge in [-0.15, -0.1) is 0 Å². The number of fused-ring (bicyclic) bond motifs is 3. The second-order valence-electron chi connectivity index (χ2n) is 14.0. The Labute approximate surface area is 314 Å². The normalized spacial score (nSPS) is 17.6. The van der Waals surface area contributed by atoms with Gasteiger partial charge < -0.3 is 25.4 Å². The lowest BCUT2D eigenvalue weighted by Crippen LogP contribution is -2.67. The van der Waals surface area contributed by atoms with E-state index in [9.17, 15) is 41.5 Å². The lowest BCUT2D eigenvalue weighted by molar-refractivity contribution is -0.139. The first-order valence-corrected chi connectivity index (χ1v) is 18.1. The van der Waals surface area contributed by atoms with Crippen LogP contribution in [-0.4, -0.2) is 52.1 Å². The SMILES string of the molecule is CCC(C)[C@H](NC(=O)Cc1ccccc1F)C(=O)N[C@]1(C(=O)N[C@H](C(=O)NNC(=O)c2ccco2)C(C)CC)CCc2[nH]c3c(C(F)(F)F)cccc3c2C1. The highest BCUT2D eigenvalue weighted by atomic mass is 19.4. The van der Waals surface area contributed by atoms with E-state index in [0.29, 0.717) is 24.1 Å². The number of amides is 5. The fourth-order valence-corrected chi connectivity index (χ4v) is 6.77. The number of carbonyl (C=O) groups excluding carboxylic acids is 5. The highest BCUT2D eigenvalue weighted by Crippen LogP contribution is 2.40.